The Hall–Kier alpha value is 1.75. The van der Waals surface area contributed by atoms with Gasteiger partial charge in [-0.3, -0.25) is 4.52 Å². The Morgan fingerprint density at radius 1 is 1.56 bits per heavy atom. The molecule has 0 aliphatic rings. The molecule has 0 rings (SSSR count). The van der Waals surface area contributed by atoms with Crippen molar-refractivity contribution in [3.8, 4) is 0 Å². The van der Waals surface area contributed by atoms with Gasteiger partial charge in [-0.2, -0.15) is 0 Å². The molecule has 0 amide bonds. The van der Waals surface area contributed by atoms with Gasteiger partial charge in [0.25, 0.3) is 0 Å². The Morgan fingerprint density at radius 3 is 1.89 bits per heavy atom. The summed E-state index contributed by atoms with van der Waals surface area (Å²) in [7, 11) is -4.22. The molecule has 0 aliphatic heterocycles. The van der Waals surface area contributed by atoms with Crippen molar-refractivity contribution < 1.29 is 71.7 Å². The minimum atomic E-state index is -4.22. The Balaban J connectivity index is -0.000000245. The molecule has 0 spiro atoms. The largest absolute Gasteiger partial charge is 1.00 e. The Kier molecular flexibility index (Phi) is 8.01. The molecule has 9 heavy (non-hydrogen) atoms. The zero-order valence-electron chi connectivity index (χ0n) is 6.74. The third-order valence-corrected chi connectivity index (χ3v) is 1.04. The second-order valence-corrected chi connectivity index (χ2v) is 2.84. The van der Waals surface area contributed by atoms with Crippen molar-refractivity contribution in [1.82, 2.24) is 0 Å². The van der Waals surface area contributed by atoms with Gasteiger partial charge in [0, 0.05) is 0 Å². The third-order valence-electron chi connectivity index (χ3n) is 0.348. The van der Waals surface area contributed by atoms with Crippen LogP contribution in [0.25, 0.3) is 0 Å². The summed E-state index contributed by atoms with van der Waals surface area (Å²) in [6.45, 7) is 3.11. The number of phosphoric ester groups is 1. The minimum absolute atomic E-state index is 0. The third kappa shape index (κ3) is 12.8. The van der Waals surface area contributed by atoms with Crippen molar-refractivity contribution in [2.24, 2.45) is 0 Å². The first kappa shape index (κ1) is 13.3. The molecule has 0 saturated heterocycles. The van der Waals surface area contributed by atoms with E-state index in [1.165, 1.54) is 0 Å². The van der Waals surface area contributed by atoms with Gasteiger partial charge < -0.3 is 11.2 Å². The molecule has 52 valence electrons. The molecule has 0 saturated carbocycles. The number of rotatable bonds is 2. The summed E-state index contributed by atoms with van der Waals surface area (Å²) >= 11 is 0. The summed E-state index contributed by atoms with van der Waals surface area (Å²) in [4.78, 5) is 16.2. The fraction of sp³-hybridized carbons (Fsp3) is 1.00. The van der Waals surface area contributed by atoms with E-state index in [9.17, 15) is 4.57 Å². The molecule has 2 N–H and O–H groups in total. The summed E-state index contributed by atoms with van der Waals surface area (Å²) < 4.78 is 14.0. The van der Waals surface area contributed by atoms with E-state index in [1.807, 2.05) is 0 Å². The van der Waals surface area contributed by atoms with Gasteiger partial charge >= 0.3 is 59.2 Å². The van der Waals surface area contributed by atoms with Crippen molar-refractivity contribution in [1.29, 1.82) is 0 Å². The average Bonchev–Trinajstić information content (AvgIpc) is 1.21. The summed E-state index contributed by atoms with van der Waals surface area (Å²) in [5, 5.41) is 0. The quantitative estimate of drug-likeness (QED) is 0.368. The molecular weight excluding hydrogens is 170 g/mol. The molecule has 0 atom stereocenters. The Labute approximate surface area is 98.1 Å². The van der Waals surface area contributed by atoms with Gasteiger partial charge in [-0.25, -0.2) is 4.57 Å². The van der Waals surface area contributed by atoms with Crippen molar-refractivity contribution >= 4 is 7.82 Å². The second kappa shape index (κ2) is 5.40. The monoisotopic (exact) mass is 180 g/mol. The molecule has 0 bridgehead atoms. The van der Waals surface area contributed by atoms with Crippen LogP contribution in [0.4, 0.5) is 0 Å². The zero-order chi connectivity index (χ0) is 6.78. The molecule has 0 aromatic heterocycles. The molecule has 0 aromatic carbocycles. The molecule has 0 fully saturated rings. The number of phosphoric acid groups is 1. The van der Waals surface area contributed by atoms with E-state index < -0.39 is 13.9 Å². The van der Waals surface area contributed by atoms with Crippen LogP contribution >= 0.6 is 7.82 Å². The fourth-order valence-electron chi connectivity index (χ4n) is 0.275. The van der Waals surface area contributed by atoms with Crippen molar-refractivity contribution in [3.05, 3.63) is 0 Å². The maximum Gasteiger partial charge on any atom is 1.00 e. The minimum Gasteiger partial charge on any atom is -1.00 e. The van der Waals surface area contributed by atoms with Crippen LogP contribution in [-0.4, -0.2) is 15.9 Å². The van der Waals surface area contributed by atoms with Gasteiger partial charge in [0.05, 0.1) is 6.10 Å². The molecule has 0 radical (unpaired) electrons. The van der Waals surface area contributed by atoms with E-state index in [0.29, 0.717) is 0 Å². The summed E-state index contributed by atoms with van der Waals surface area (Å²) in [5.41, 5.74) is 0. The van der Waals surface area contributed by atoms with Crippen LogP contribution in [0.3, 0.4) is 0 Å². The van der Waals surface area contributed by atoms with Gasteiger partial charge in [-0.05, 0) is 13.8 Å². The second-order valence-electron chi connectivity index (χ2n) is 1.64. The maximum absolute atomic E-state index is 9.91. The summed E-state index contributed by atoms with van der Waals surface area (Å²) in [6.07, 6.45) is -0.421. The van der Waals surface area contributed by atoms with E-state index in [-0.39, 0.29) is 52.8 Å². The van der Waals surface area contributed by atoms with Gasteiger partial charge in [-0.15, -0.1) is 0 Å². The van der Waals surface area contributed by atoms with Crippen molar-refractivity contribution in [2.75, 3.05) is 0 Å². The van der Waals surface area contributed by atoms with Gasteiger partial charge in [0.2, 0.25) is 0 Å². The molecule has 4 nitrogen and oxygen atoms in total. The van der Waals surface area contributed by atoms with Gasteiger partial charge in [0.15, 0.2) is 0 Å². The zero-order valence-corrected chi connectivity index (χ0v) is 9.75. The number of hydrogen-bond donors (Lipinski definition) is 2. The van der Waals surface area contributed by atoms with E-state index in [2.05, 4.69) is 4.52 Å². The Bertz CT molecular complexity index is 113. The van der Waals surface area contributed by atoms with E-state index >= 15 is 0 Å². The van der Waals surface area contributed by atoms with Gasteiger partial charge in [-0.1, -0.05) is 0 Å². The van der Waals surface area contributed by atoms with Crippen LogP contribution in [0.1, 0.15) is 15.3 Å². The molecule has 0 heterocycles. The predicted molar refractivity (Wildman–Crippen MR) is 29.4 cm³/mol. The molecule has 0 aromatic rings. The van der Waals surface area contributed by atoms with Crippen LogP contribution in [-0.2, 0) is 9.09 Å². The normalized spacial score (nSPS) is 11.2. The van der Waals surface area contributed by atoms with Crippen LogP contribution in [0, 0.1) is 0 Å². The molecule has 6 heteroatoms. The number of hydrogen-bond acceptors (Lipinski definition) is 2. The molecular formula is C3H10KO4P. The van der Waals surface area contributed by atoms with Crippen LogP contribution in [0.2, 0.25) is 0 Å². The van der Waals surface area contributed by atoms with E-state index in [0.717, 1.165) is 0 Å². The van der Waals surface area contributed by atoms with Gasteiger partial charge in [0.1, 0.15) is 0 Å². The predicted octanol–water partition coefficient (Wildman–Crippen LogP) is -2.38. The molecule has 0 unspecified atom stereocenters. The first-order valence-electron chi connectivity index (χ1n) is 2.16. The van der Waals surface area contributed by atoms with Crippen molar-refractivity contribution in [2.45, 2.75) is 20.0 Å². The molecule has 0 aliphatic carbocycles. The first-order valence-corrected chi connectivity index (χ1v) is 3.69. The van der Waals surface area contributed by atoms with Crippen LogP contribution in [0.15, 0.2) is 0 Å². The average molecular weight is 180 g/mol. The Morgan fingerprint density at radius 2 is 1.89 bits per heavy atom. The SMILES string of the molecule is CC(C)OP(=O)(O)O.[H-].[K+]. The topological polar surface area (TPSA) is 66.8 Å². The summed E-state index contributed by atoms with van der Waals surface area (Å²) in [6, 6.07) is 0. The van der Waals surface area contributed by atoms with Crippen molar-refractivity contribution in [3.63, 3.8) is 0 Å². The van der Waals surface area contributed by atoms with E-state index in [4.69, 9.17) is 9.79 Å². The first-order chi connectivity index (χ1) is 3.42. The van der Waals surface area contributed by atoms with Crippen LogP contribution in [0.5, 0.6) is 0 Å². The summed E-state index contributed by atoms with van der Waals surface area (Å²) in [5.74, 6) is 0. The standard InChI is InChI=1S/C3H9O4P.K.H/c1-3(2)7-8(4,5)6;;/h3H,1-2H3,(H2,4,5,6);;/q;+1;-1. The smallest absolute Gasteiger partial charge is 1.00 e. The fourth-order valence-corrected chi connectivity index (χ4v) is 0.824. The maximum atomic E-state index is 9.91. The van der Waals surface area contributed by atoms with Crippen LogP contribution < -0.4 is 51.4 Å². The van der Waals surface area contributed by atoms with E-state index in [1.54, 1.807) is 13.8 Å².